The van der Waals surface area contributed by atoms with Gasteiger partial charge in [0.05, 0.1) is 19.0 Å². The fourth-order valence-electron chi connectivity index (χ4n) is 1.82. The van der Waals surface area contributed by atoms with Crippen molar-refractivity contribution in [1.29, 1.82) is 0 Å². The van der Waals surface area contributed by atoms with E-state index >= 15 is 0 Å². The van der Waals surface area contributed by atoms with Gasteiger partial charge >= 0.3 is 12.1 Å². The molecule has 0 aromatic heterocycles. The van der Waals surface area contributed by atoms with Crippen molar-refractivity contribution in [1.82, 2.24) is 5.32 Å². The molecule has 29 heavy (non-hydrogen) atoms. The predicted octanol–water partition coefficient (Wildman–Crippen LogP) is 0.699. The number of nitrogens with one attached hydrogen (secondary N) is 1. The van der Waals surface area contributed by atoms with Crippen LogP contribution in [0.4, 0.5) is 4.79 Å². The summed E-state index contributed by atoms with van der Waals surface area (Å²) in [6, 6.07) is 0. The first-order valence-electron chi connectivity index (χ1n) is 9.14. The number of rotatable bonds is 13. The van der Waals surface area contributed by atoms with Gasteiger partial charge in [0.1, 0.15) is 0 Å². The molecule has 0 aliphatic rings. The van der Waals surface area contributed by atoms with Gasteiger partial charge < -0.3 is 24.6 Å². The lowest BCUT2D eigenvalue weighted by molar-refractivity contribution is -0.184. The molecule has 0 spiro atoms. The molecule has 0 aliphatic heterocycles. The largest absolute Gasteiger partial charge is 0.511 e. The van der Waals surface area contributed by atoms with Gasteiger partial charge in [0.25, 0.3) is 10.1 Å². The van der Waals surface area contributed by atoms with Gasteiger partial charge in [-0.25, -0.2) is 9.59 Å². The van der Waals surface area contributed by atoms with Crippen LogP contribution in [-0.2, 0) is 38.1 Å². The number of hydrogen-bond acceptors (Lipinski definition) is 10. The van der Waals surface area contributed by atoms with Crippen LogP contribution in [0.2, 0.25) is 0 Å². The Hall–Kier alpha value is -1.92. The van der Waals surface area contributed by atoms with Gasteiger partial charge in [-0.1, -0.05) is 20.8 Å². The van der Waals surface area contributed by atoms with Crippen LogP contribution in [0.3, 0.4) is 0 Å². The molecule has 0 radical (unpaired) electrons. The maximum Gasteiger partial charge on any atom is 0.511 e. The third-order valence-corrected chi connectivity index (χ3v) is 4.75. The molecule has 2 N–H and O–H groups in total. The van der Waals surface area contributed by atoms with Crippen LogP contribution in [0, 0.1) is 5.41 Å². The van der Waals surface area contributed by atoms with Crippen LogP contribution in [-0.4, -0.2) is 69.5 Å². The fourth-order valence-corrected chi connectivity index (χ4v) is 2.92. The molecule has 0 bridgehead atoms. The first-order valence-corrected chi connectivity index (χ1v) is 10.7. The summed E-state index contributed by atoms with van der Waals surface area (Å²) < 4.78 is 42.9. The second kappa shape index (κ2) is 12.6. The number of hydrogen-bond donors (Lipinski definition) is 2. The molecule has 0 fully saturated rings. The summed E-state index contributed by atoms with van der Waals surface area (Å²) in [5.74, 6) is -1.73. The van der Waals surface area contributed by atoms with Crippen molar-refractivity contribution in [3.8, 4) is 0 Å². The number of ether oxygens (including phenoxy) is 3. The average molecular weight is 441 g/mol. The first-order chi connectivity index (χ1) is 13.3. The number of amides is 1. The molecule has 0 heterocycles. The van der Waals surface area contributed by atoms with E-state index in [0.29, 0.717) is 6.42 Å². The summed E-state index contributed by atoms with van der Waals surface area (Å²) in [7, 11) is -3.92. The van der Waals surface area contributed by atoms with Crippen molar-refractivity contribution < 1.29 is 46.3 Å². The zero-order valence-corrected chi connectivity index (χ0v) is 18.2. The third kappa shape index (κ3) is 12.3. The van der Waals surface area contributed by atoms with E-state index in [4.69, 9.17) is 13.7 Å². The molecule has 12 heteroatoms. The van der Waals surface area contributed by atoms with Gasteiger partial charge in [0.2, 0.25) is 12.2 Å². The minimum absolute atomic E-state index is 0.145. The zero-order chi connectivity index (χ0) is 22.7. The second-order valence-electron chi connectivity index (χ2n) is 6.97. The van der Waals surface area contributed by atoms with Crippen LogP contribution >= 0.6 is 0 Å². The molecule has 0 saturated carbocycles. The molecule has 0 saturated heterocycles. The normalized spacial score (nSPS) is 13.9. The lowest BCUT2D eigenvalue weighted by Gasteiger charge is -2.29. The Morgan fingerprint density at radius 1 is 1.17 bits per heavy atom. The standard InChI is InChI=1S/C17H31NO10S/c1-6-9-25-16(22)28-13(3)27-15(21)14(20)17(4,5)11-26-29(23,24)10-7-8-18-12(2)19/h13-14,20H,6-11H2,1-5H3,(H,18,19)/t13?,14-/m0/s1. The highest BCUT2D eigenvalue weighted by Crippen LogP contribution is 2.24. The highest BCUT2D eigenvalue weighted by Gasteiger charge is 2.37. The van der Waals surface area contributed by atoms with E-state index in [1.54, 1.807) is 6.92 Å². The molecule has 1 unspecified atom stereocenters. The molecule has 11 nitrogen and oxygen atoms in total. The van der Waals surface area contributed by atoms with Crippen LogP contribution in [0.1, 0.15) is 47.5 Å². The maximum atomic E-state index is 12.0. The van der Waals surface area contributed by atoms with Crippen LogP contribution < -0.4 is 5.32 Å². The molecule has 170 valence electrons. The Balaban J connectivity index is 4.53. The predicted molar refractivity (Wildman–Crippen MR) is 101 cm³/mol. The molecule has 0 aliphatic carbocycles. The van der Waals surface area contributed by atoms with Gasteiger partial charge in [-0.05, 0) is 12.8 Å². The van der Waals surface area contributed by atoms with Crippen LogP contribution in [0.5, 0.6) is 0 Å². The minimum Gasteiger partial charge on any atom is -0.434 e. The smallest absolute Gasteiger partial charge is 0.434 e. The summed E-state index contributed by atoms with van der Waals surface area (Å²) in [6.45, 7) is 7.02. The molecule has 2 atom stereocenters. The van der Waals surface area contributed by atoms with E-state index in [-0.39, 0.29) is 31.2 Å². The quantitative estimate of drug-likeness (QED) is 0.181. The van der Waals surface area contributed by atoms with Crippen molar-refractivity contribution in [2.24, 2.45) is 5.41 Å². The summed E-state index contributed by atoms with van der Waals surface area (Å²) in [6.07, 6.45) is -3.33. The SMILES string of the molecule is CCCOC(=O)OC(C)OC(=O)[C@H](O)C(C)(C)COS(=O)(=O)CCCNC(C)=O. The van der Waals surface area contributed by atoms with Gasteiger partial charge in [0, 0.05) is 25.8 Å². The van der Waals surface area contributed by atoms with E-state index in [1.807, 2.05) is 0 Å². The Bertz CT molecular complexity index is 647. The van der Waals surface area contributed by atoms with Crippen LogP contribution in [0.25, 0.3) is 0 Å². The van der Waals surface area contributed by atoms with Gasteiger partial charge in [-0.2, -0.15) is 8.42 Å². The molecular formula is C17H31NO10S. The summed E-state index contributed by atoms with van der Waals surface area (Å²) >= 11 is 0. The van der Waals surface area contributed by atoms with Crippen molar-refractivity contribution >= 4 is 28.1 Å². The van der Waals surface area contributed by atoms with Crippen molar-refractivity contribution in [3.05, 3.63) is 0 Å². The Morgan fingerprint density at radius 3 is 2.34 bits per heavy atom. The molecule has 0 rings (SSSR count). The number of carbonyl (C=O) groups excluding carboxylic acids is 3. The van der Waals surface area contributed by atoms with Crippen molar-refractivity contribution in [3.63, 3.8) is 0 Å². The number of carbonyl (C=O) groups is 3. The number of aliphatic hydroxyl groups is 1. The molecular weight excluding hydrogens is 410 g/mol. The van der Waals surface area contributed by atoms with Gasteiger partial charge in [-0.3, -0.25) is 8.98 Å². The Morgan fingerprint density at radius 2 is 1.79 bits per heavy atom. The Kier molecular flexibility index (Phi) is 11.8. The number of esters is 1. The molecule has 0 aromatic rings. The number of aliphatic hydroxyl groups excluding tert-OH is 1. The highest BCUT2D eigenvalue weighted by molar-refractivity contribution is 7.86. The highest BCUT2D eigenvalue weighted by atomic mass is 32.2. The first kappa shape index (κ1) is 27.1. The Labute approximate surface area is 171 Å². The molecule has 1 amide bonds. The summed E-state index contributed by atoms with van der Waals surface area (Å²) in [5, 5.41) is 12.6. The van der Waals surface area contributed by atoms with E-state index < -0.39 is 46.7 Å². The topological polar surface area (TPSA) is 155 Å². The van der Waals surface area contributed by atoms with E-state index in [2.05, 4.69) is 10.1 Å². The zero-order valence-electron chi connectivity index (χ0n) is 17.4. The van der Waals surface area contributed by atoms with E-state index in [9.17, 15) is 27.9 Å². The maximum absolute atomic E-state index is 12.0. The monoisotopic (exact) mass is 441 g/mol. The molecule has 0 aromatic carbocycles. The van der Waals surface area contributed by atoms with Crippen molar-refractivity contribution in [2.75, 3.05) is 25.5 Å². The third-order valence-electron chi connectivity index (χ3n) is 3.49. The fraction of sp³-hybridized carbons (Fsp3) is 0.824. The lowest BCUT2D eigenvalue weighted by Crippen LogP contribution is -2.43. The van der Waals surface area contributed by atoms with Crippen molar-refractivity contribution in [2.45, 2.75) is 59.9 Å². The van der Waals surface area contributed by atoms with E-state index in [0.717, 1.165) is 0 Å². The lowest BCUT2D eigenvalue weighted by atomic mass is 9.88. The minimum atomic E-state index is -3.92. The van der Waals surface area contributed by atoms with Gasteiger partial charge in [0.15, 0.2) is 6.10 Å². The van der Waals surface area contributed by atoms with Gasteiger partial charge in [-0.15, -0.1) is 0 Å². The second-order valence-corrected chi connectivity index (χ2v) is 8.73. The van der Waals surface area contributed by atoms with E-state index in [1.165, 1.54) is 27.7 Å². The summed E-state index contributed by atoms with van der Waals surface area (Å²) in [5.41, 5.74) is -1.32. The average Bonchev–Trinajstić information content (AvgIpc) is 2.61. The summed E-state index contributed by atoms with van der Waals surface area (Å²) in [4.78, 5) is 34.1. The van der Waals surface area contributed by atoms with Crippen LogP contribution in [0.15, 0.2) is 0 Å².